The number of para-hydroxylation sites is 2. The lowest BCUT2D eigenvalue weighted by atomic mass is 10.1. The predicted molar refractivity (Wildman–Crippen MR) is 125 cm³/mol. The molecule has 4 rings (SSSR count). The second-order valence-corrected chi connectivity index (χ2v) is 7.94. The summed E-state index contributed by atoms with van der Waals surface area (Å²) in [5, 5.41) is 5.95. The molecule has 3 aromatic rings. The highest BCUT2D eigenvalue weighted by Gasteiger charge is 2.26. The summed E-state index contributed by atoms with van der Waals surface area (Å²) < 4.78 is 8.25. The molecule has 1 saturated heterocycles. The Hall–Kier alpha value is -3.45. The van der Waals surface area contributed by atoms with Gasteiger partial charge in [-0.2, -0.15) is 0 Å². The molecule has 2 amide bonds. The van der Waals surface area contributed by atoms with Crippen molar-refractivity contribution in [3.63, 3.8) is 0 Å². The second kappa shape index (κ2) is 8.35. The molecule has 2 heterocycles. The van der Waals surface area contributed by atoms with Crippen LogP contribution >= 0.6 is 12.2 Å². The van der Waals surface area contributed by atoms with E-state index >= 15 is 0 Å². The van der Waals surface area contributed by atoms with E-state index in [9.17, 15) is 9.59 Å². The first kappa shape index (κ1) is 20.8. The predicted octanol–water partition coefficient (Wildman–Crippen LogP) is 3.56. The zero-order valence-electron chi connectivity index (χ0n) is 17.6. The number of fused-ring (bicyclic) bond motifs is 1. The van der Waals surface area contributed by atoms with Gasteiger partial charge in [0.05, 0.1) is 6.54 Å². The number of carbonyl (C=O) groups is 2. The van der Waals surface area contributed by atoms with Gasteiger partial charge in [-0.25, -0.2) is 0 Å². The third-order valence-electron chi connectivity index (χ3n) is 5.48. The highest BCUT2D eigenvalue weighted by molar-refractivity contribution is 7.80. The SMILES string of the molecule is Cc1cccc(C)c1OCCn1c(C)c(C=C2C(=O)NC(=S)NC2=O)c2ccccc21. The van der Waals surface area contributed by atoms with Crippen molar-refractivity contribution in [2.24, 2.45) is 0 Å². The van der Waals surface area contributed by atoms with E-state index < -0.39 is 11.8 Å². The number of benzene rings is 2. The van der Waals surface area contributed by atoms with Crippen LogP contribution in [-0.2, 0) is 16.1 Å². The molecule has 2 N–H and O–H groups in total. The lowest BCUT2D eigenvalue weighted by Gasteiger charge is -2.16. The number of nitrogens with zero attached hydrogens (tertiary/aromatic N) is 1. The molecule has 0 saturated carbocycles. The molecular weight excluding hydrogens is 410 g/mol. The first-order chi connectivity index (χ1) is 14.9. The highest BCUT2D eigenvalue weighted by atomic mass is 32.1. The number of ether oxygens (including phenoxy) is 1. The Labute approximate surface area is 185 Å². The molecule has 0 atom stereocenters. The molecule has 2 aromatic carbocycles. The Balaban J connectivity index is 1.67. The lowest BCUT2D eigenvalue weighted by molar-refractivity contribution is -0.123. The average Bonchev–Trinajstić information content (AvgIpc) is 2.98. The van der Waals surface area contributed by atoms with Gasteiger partial charge in [0.15, 0.2) is 5.11 Å². The molecule has 1 aromatic heterocycles. The van der Waals surface area contributed by atoms with Gasteiger partial charge in [0.1, 0.15) is 17.9 Å². The molecule has 7 heteroatoms. The van der Waals surface area contributed by atoms with Crippen LogP contribution in [0.3, 0.4) is 0 Å². The van der Waals surface area contributed by atoms with Gasteiger partial charge >= 0.3 is 0 Å². The molecule has 31 heavy (non-hydrogen) atoms. The number of amides is 2. The monoisotopic (exact) mass is 433 g/mol. The van der Waals surface area contributed by atoms with E-state index in [4.69, 9.17) is 17.0 Å². The van der Waals surface area contributed by atoms with Crippen LogP contribution in [0.5, 0.6) is 5.75 Å². The van der Waals surface area contributed by atoms with Gasteiger partial charge in [-0.15, -0.1) is 0 Å². The van der Waals surface area contributed by atoms with Gasteiger partial charge in [0, 0.05) is 22.2 Å². The number of rotatable bonds is 5. The topological polar surface area (TPSA) is 72.4 Å². The number of thiocarbonyl (C=S) groups is 1. The van der Waals surface area contributed by atoms with Crippen molar-refractivity contribution in [2.75, 3.05) is 6.61 Å². The maximum absolute atomic E-state index is 12.3. The summed E-state index contributed by atoms with van der Waals surface area (Å²) in [4.78, 5) is 24.6. The Morgan fingerprint density at radius 3 is 2.29 bits per heavy atom. The van der Waals surface area contributed by atoms with E-state index in [0.29, 0.717) is 13.2 Å². The van der Waals surface area contributed by atoms with Crippen molar-refractivity contribution in [3.05, 3.63) is 70.4 Å². The Morgan fingerprint density at radius 2 is 1.61 bits per heavy atom. The molecule has 1 aliphatic rings. The third kappa shape index (κ3) is 3.96. The summed E-state index contributed by atoms with van der Waals surface area (Å²) in [5.41, 5.74) is 5.04. The van der Waals surface area contributed by atoms with Crippen LogP contribution in [-0.4, -0.2) is 28.1 Å². The van der Waals surface area contributed by atoms with Crippen molar-refractivity contribution in [2.45, 2.75) is 27.3 Å². The van der Waals surface area contributed by atoms with Gasteiger partial charge in [0.25, 0.3) is 11.8 Å². The number of nitrogens with one attached hydrogen (secondary N) is 2. The van der Waals surface area contributed by atoms with Crippen LogP contribution in [0.2, 0.25) is 0 Å². The maximum Gasteiger partial charge on any atom is 0.263 e. The van der Waals surface area contributed by atoms with Gasteiger partial charge < -0.3 is 9.30 Å². The quantitative estimate of drug-likeness (QED) is 0.367. The molecule has 6 nitrogen and oxygen atoms in total. The molecule has 0 aliphatic carbocycles. The Bertz CT molecular complexity index is 1210. The largest absolute Gasteiger partial charge is 0.491 e. The fourth-order valence-corrected chi connectivity index (χ4v) is 4.13. The van der Waals surface area contributed by atoms with E-state index in [1.165, 1.54) is 0 Å². The van der Waals surface area contributed by atoms with Crippen LogP contribution in [0.4, 0.5) is 0 Å². The van der Waals surface area contributed by atoms with Crippen LogP contribution < -0.4 is 15.4 Å². The standard InChI is InChI=1S/C24H23N3O3S/c1-14-7-6-8-15(2)21(14)30-12-11-27-16(3)18(17-9-4-5-10-20(17)27)13-19-22(28)25-24(31)26-23(19)29/h4-10,13H,11-12H2,1-3H3,(H2,25,26,28,29,31). The summed E-state index contributed by atoms with van der Waals surface area (Å²) in [5.74, 6) is -0.0860. The molecule has 0 spiro atoms. The summed E-state index contributed by atoms with van der Waals surface area (Å²) in [6.45, 7) is 7.18. The summed E-state index contributed by atoms with van der Waals surface area (Å²) in [6, 6.07) is 14.0. The van der Waals surface area contributed by atoms with E-state index in [2.05, 4.69) is 15.2 Å². The fraction of sp³-hybridized carbons (Fsp3) is 0.208. The van der Waals surface area contributed by atoms with E-state index in [-0.39, 0.29) is 10.7 Å². The number of hydrogen-bond acceptors (Lipinski definition) is 4. The number of hydrogen-bond donors (Lipinski definition) is 2. The minimum atomic E-state index is -0.497. The van der Waals surface area contributed by atoms with Crippen molar-refractivity contribution in [1.29, 1.82) is 0 Å². The molecule has 158 valence electrons. The normalized spacial score (nSPS) is 13.9. The van der Waals surface area contributed by atoms with Crippen molar-refractivity contribution in [1.82, 2.24) is 15.2 Å². The highest BCUT2D eigenvalue weighted by Crippen LogP contribution is 2.29. The zero-order chi connectivity index (χ0) is 22.1. The van der Waals surface area contributed by atoms with Crippen LogP contribution in [0.15, 0.2) is 48.0 Å². The molecule has 1 fully saturated rings. The Kier molecular flexibility index (Phi) is 5.61. The van der Waals surface area contributed by atoms with Crippen LogP contribution in [0.25, 0.3) is 17.0 Å². The zero-order valence-corrected chi connectivity index (χ0v) is 18.4. The molecule has 1 aliphatic heterocycles. The average molecular weight is 434 g/mol. The van der Waals surface area contributed by atoms with Gasteiger partial charge in [0.2, 0.25) is 0 Å². The number of aryl methyl sites for hydroxylation is 2. The minimum absolute atomic E-state index is 0.0231. The molecular formula is C24H23N3O3S. The van der Waals surface area contributed by atoms with Gasteiger partial charge in [-0.05, 0) is 56.3 Å². The maximum atomic E-state index is 12.3. The third-order valence-corrected chi connectivity index (χ3v) is 5.69. The molecule has 0 radical (unpaired) electrons. The van der Waals surface area contributed by atoms with Crippen molar-refractivity contribution >= 4 is 46.1 Å². The van der Waals surface area contributed by atoms with E-state index in [1.54, 1.807) is 6.08 Å². The summed E-state index contributed by atoms with van der Waals surface area (Å²) >= 11 is 4.88. The number of aromatic nitrogens is 1. The summed E-state index contributed by atoms with van der Waals surface area (Å²) in [6.07, 6.45) is 1.63. The van der Waals surface area contributed by atoms with Crippen molar-refractivity contribution < 1.29 is 14.3 Å². The summed E-state index contributed by atoms with van der Waals surface area (Å²) in [7, 11) is 0. The molecule has 0 unspecified atom stereocenters. The van der Waals surface area contributed by atoms with Crippen LogP contribution in [0, 0.1) is 20.8 Å². The fourth-order valence-electron chi connectivity index (χ4n) is 3.94. The minimum Gasteiger partial charge on any atom is -0.491 e. The number of carbonyl (C=O) groups excluding carboxylic acids is 2. The Morgan fingerprint density at radius 1 is 0.968 bits per heavy atom. The molecule has 0 bridgehead atoms. The van der Waals surface area contributed by atoms with E-state index in [0.717, 1.165) is 39.0 Å². The first-order valence-electron chi connectivity index (χ1n) is 10.0. The van der Waals surface area contributed by atoms with Crippen molar-refractivity contribution in [3.8, 4) is 5.75 Å². The second-order valence-electron chi connectivity index (χ2n) is 7.53. The van der Waals surface area contributed by atoms with Gasteiger partial charge in [-0.3, -0.25) is 20.2 Å². The smallest absolute Gasteiger partial charge is 0.263 e. The first-order valence-corrected chi connectivity index (χ1v) is 10.4. The van der Waals surface area contributed by atoms with Gasteiger partial charge in [-0.1, -0.05) is 36.4 Å². The van der Waals surface area contributed by atoms with Crippen LogP contribution in [0.1, 0.15) is 22.4 Å². The lowest BCUT2D eigenvalue weighted by Crippen LogP contribution is -2.51. The van der Waals surface area contributed by atoms with E-state index in [1.807, 2.05) is 63.2 Å².